The fourth-order valence-corrected chi connectivity index (χ4v) is 4.37. The van der Waals surface area contributed by atoms with Gasteiger partial charge in [-0.2, -0.15) is 0 Å². The molecule has 1 unspecified atom stereocenters. The topological polar surface area (TPSA) is 58.6 Å². The van der Waals surface area contributed by atoms with Gasteiger partial charge in [0.1, 0.15) is 17.1 Å². The van der Waals surface area contributed by atoms with Gasteiger partial charge in [-0.05, 0) is 63.6 Å². The molecule has 1 aromatic rings. The number of fused-ring (bicyclic) bond motifs is 3. The number of carbonyl (C=O) groups excluding carboxylic acids is 1. The Balaban J connectivity index is 2.03. The van der Waals surface area contributed by atoms with E-state index in [1.54, 1.807) is 0 Å². The number of hydrogen-bond acceptors (Lipinski definition) is 3. The molecule has 0 fully saturated rings. The Kier molecular flexibility index (Phi) is 4.82. The molecule has 0 radical (unpaired) electrons. The number of aromatic hydroxyl groups is 1. The molecule has 0 aromatic heterocycles. The number of carbonyl (C=O) groups is 1. The van der Waals surface area contributed by atoms with Gasteiger partial charge in [0, 0.05) is 29.0 Å². The van der Waals surface area contributed by atoms with Crippen molar-refractivity contribution < 1.29 is 14.6 Å². The van der Waals surface area contributed by atoms with Crippen molar-refractivity contribution in [2.24, 2.45) is 5.92 Å². The molecule has 4 heteroatoms. The molecule has 3 rings (SSSR count). The summed E-state index contributed by atoms with van der Waals surface area (Å²) in [4.78, 5) is 12.6. The molecule has 0 spiro atoms. The highest BCUT2D eigenvalue weighted by Crippen LogP contribution is 2.54. The Hall–Kier alpha value is -1.97. The van der Waals surface area contributed by atoms with Crippen LogP contribution < -0.4 is 10.1 Å². The van der Waals surface area contributed by atoms with E-state index >= 15 is 0 Å². The summed E-state index contributed by atoms with van der Waals surface area (Å²) < 4.78 is 6.38. The van der Waals surface area contributed by atoms with Gasteiger partial charge in [-0.3, -0.25) is 4.79 Å². The van der Waals surface area contributed by atoms with Crippen LogP contribution in [0.1, 0.15) is 78.4 Å². The first-order chi connectivity index (χ1) is 12.4. The molecule has 2 aliphatic rings. The number of nitrogens with one attached hydrogen (secondary N) is 1. The minimum atomic E-state index is -0.350. The zero-order valence-corrected chi connectivity index (χ0v) is 17.6. The molecule has 1 aromatic carbocycles. The van der Waals surface area contributed by atoms with Crippen molar-refractivity contribution in [3.63, 3.8) is 0 Å². The maximum Gasteiger partial charge on any atom is 0.247 e. The minimum Gasteiger partial charge on any atom is -0.508 e. The smallest absolute Gasteiger partial charge is 0.247 e. The molecule has 4 nitrogen and oxygen atoms in total. The Morgan fingerprint density at radius 2 is 1.96 bits per heavy atom. The summed E-state index contributed by atoms with van der Waals surface area (Å²) in [5.74, 6) is 1.35. The second-order valence-corrected chi connectivity index (χ2v) is 9.87. The van der Waals surface area contributed by atoms with Gasteiger partial charge in [-0.15, -0.1) is 0 Å². The fourth-order valence-electron chi connectivity index (χ4n) is 4.37. The van der Waals surface area contributed by atoms with Crippen LogP contribution in [-0.4, -0.2) is 22.7 Å². The average Bonchev–Trinajstić information content (AvgIpc) is 2.51. The van der Waals surface area contributed by atoms with Crippen molar-refractivity contribution in [2.45, 2.75) is 84.3 Å². The van der Waals surface area contributed by atoms with Crippen molar-refractivity contribution in [3.05, 3.63) is 34.9 Å². The summed E-state index contributed by atoms with van der Waals surface area (Å²) in [6.45, 7) is 14.5. The maximum atomic E-state index is 12.6. The number of phenolic OH excluding ortho intramolecular Hbond substituents is 1. The van der Waals surface area contributed by atoms with E-state index in [9.17, 15) is 9.90 Å². The van der Waals surface area contributed by atoms with Gasteiger partial charge in [-0.1, -0.05) is 26.8 Å². The predicted octanol–water partition coefficient (Wildman–Crippen LogP) is 4.81. The monoisotopic (exact) mass is 371 g/mol. The molecule has 0 saturated heterocycles. The molecule has 1 aliphatic heterocycles. The molecule has 1 heterocycles. The van der Waals surface area contributed by atoms with Crippen LogP contribution in [0.4, 0.5) is 0 Å². The standard InChI is InChI=1S/C23H33NO3/c1-13(2)24-21(26)14-8-9-17-16(10-14)20-18(25)11-15(22(3,4)5)12-19(20)27-23(17,6)7/h8,11-13,16-17,25H,9-10H2,1-7H3,(H,24,26)/t16?,17-/m1/s1. The predicted molar refractivity (Wildman–Crippen MR) is 108 cm³/mol. The van der Waals surface area contributed by atoms with Crippen molar-refractivity contribution in [2.75, 3.05) is 0 Å². The highest BCUT2D eigenvalue weighted by atomic mass is 16.5. The van der Waals surface area contributed by atoms with Crippen LogP contribution in [0.5, 0.6) is 11.5 Å². The number of hydrogen-bond donors (Lipinski definition) is 2. The van der Waals surface area contributed by atoms with Crippen LogP contribution in [0.25, 0.3) is 0 Å². The Labute approximate surface area is 163 Å². The van der Waals surface area contributed by atoms with Crippen LogP contribution in [0.15, 0.2) is 23.8 Å². The number of ether oxygens (including phenoxy) is 1. The second-order valence-electron chi connectivity index (χ2n) is 9.87. The van der Waals surface area contributed by atoms with Crippen LogP contribution in [0.3, 0.4) is 0 Å². The first kappa shape index (κ1) is 19.8. The molecule has 2 atom stereocenters. The van der Waals surface area contributed by atoms with Gasteiger partial charge in [0.05, 0.1) is 0 Å². The molecular weight excluding hydrogens is 338 g/mol. The third kappa shape index (κ3) is 3.71. The van der Waals surface area contributed by atoms with E-state index in [2.05, 4.69) is 52.1 Å². The fraction of sp³-hybridized carbons (Fsp3) is 0.609. The lowest BCUT2D eigenvalue weighted by molar-refractivity contribution is -0.118. The summed E-state index contributed by atoms with van der Waals surface area (Å²) in [7, 11) is 0. The number of allylic oxidation sites excluding steroid dienone is 1. The lowest BCUT2D eigenvalue weighted by Crippen LogP contribution is -2.46. The summed E-state index contributed by atoms with van der Waals surface area (Å²) in [6, 6.07) is 4.04. The van der Waals surface area contributed by atoms with Crippen LogP contribution >= 0.6 is 0 Å². The van der Waals surface area contributed by atoms with Crippen LogP contribution in [0, 0.1) is 5.92 Å². The molecule has 2 N–H and O–H groups in total. The van der Waals surface area contributed by atoms with Gasteiger partial charge in [0.2, 0.25) is 5.91 Å². The zero-order valence-electron chi connectivity index (χ0n) is 17.6. The quantitative estimate of drug-likeness (QED) is 0.785. The van der Waals surface area contributed by atoms with Gasteiger partial charge in [-0.25, -0.2) is 0 Å². The Morgan fingerprint density at radius 3 is 2.56 bits per heavy atom. The lowest BCUT2D eigenvalue weighted by Gasteiger charge is -2.47. The molecule has 27 heavy (non-hydrogen) atoms. The Morgan fingerprint density at radius 1 is 1.30 bits per heavy atom. The van der Waals surface area contributed by atoms with Gasteiger partial charge >= 0.3 is 0 Å². The van der Waals surface area contributed by atoms with E-state index < -0.39 is 0 Å². The third-order valence-corrected chi connectivity index (χ3v) is 5.88. The van der Waals surface area contributed by atoms with Crippen LogP contribution in [-0.2, 0) is 10.2 Å². The van der Waals surface area contributed by atoms with E-state index in [1.807, 2.05) is 19.9 Å². The highest BCUT2D eigenvalue weighted by molar-refractivity contribution is 5.94. The van der Waals surface area contributed by atoms with Crippen LogP contribution in [0.2, 0.25) is 0 Å². The molecule has 0 saturated carbocycles. The van der Waals surface area contributed by atoms with Crippen molar-refractivity contribution >= 4 is 5.91 Å². The zero-order chi connectivity index (χ0) is 20.1. The van der Waals surface area contributed by atoms with Gasteiger partial charge < -0.3 is 15.2 Å². The van der Waals surface area contributed by atoms with E-state index in [0.29, 0.717) is 6.42 Å². The highest BCUT2D eigenvalue weighted by Gasteiger charge is 2.47. The van der Waals surface area contributed by atoms with E-state index in [-0.39, 0.29) is 40.6 Å². The van der Waals surface area contributed by atoms with Gasteiger partial charge in [0.15, 0.2) is 0 Å². The van der Waals surface area contributed by atoms with E-state index in [1.165, 1.54) is 0 Å². The number of rotatable bonds is 2. The van der Waals surface area contributed by atoms with E-state index in [4.69, 9.17) is 4.74 Å². The van der Waals surface area contributed by atoms with Gasteiger partial charge in [0.25, 0.3) is 0 Å². The summed E-state index contributed by atoms with van der Waals surface area (Å²) >= 11 is 0. The normalized spacial score (nSPS) is 23.8. The molecule has 0 bridgehead atoms. The maximum absolute atomic E-state index is 12.6. The number of phenols is 1. The number of benzene rings is 1. The number of amides is 1. The summed E-state index contributed by atoms with van der Waals surface area (Å²) in [5.41, 5.74) is 2.29. The SMILES string of the molecule is CC(C)NC(=O)C1=CC[C@@H]2C(C1)c1c(O)cc(C(C)(C)C)cc1OC2(C)C. The first-order valence-corrected chi connectivity index (χ1v) is 9.96. The molecule has 148 valence electrons. The van der Waals surface area contributed by atoms with E-state index in [0.717, 1.165) is 28.9 Å². The first-order valence-electron chi connectivity index (χ1n) is 9.96. The summed E-state index contributed by atoms with van der Waals surface area (Å²) in [6.07, 6.45) is 3.46. The minimum absolute atomic E-state index is 0.0000921. The lowest BCUT2D eigenvalue weighted by atomic mass is 9.66. The Bertz CT molecular complexity index is 784. The van der Waals surface area contributed by atoms with Crippen molar-refractivity contribution in [1.29, 1.82) is 0 Å². The molecular formula is C23H33NO3. The summed E-state index contributed by atoms with van der Waals surface area (Å²) in [5, 5.41) is 13.9. The second kappa shape index (κ2) is 6.57. The van der Waals surface area contributed by atoms with Crippen molar-refractivity contribution in [3.8, 4) is 11.5 Å². The molecule has 1 amide bonds. The molecule has 1 aliphatic carbocycles. The third-order valence-electron chi connectivity index (χ3n) is 5.88. The van der Waals surface area contributed by atoms with Crippen molar-refractivity contribution in [1.82, 2.24) is 5.32 Å². The largest absolute Gasteiger partial charge is 0.508 e. The average molecular weight is 372 g/mol.